The smallest absolute Gasteiger partial charge is 0.261 e. The summed E-state index contributed by atoms with van der Waals surface area (Å²) >= 11 is 6.09. The van der Waals surface area contributed by atoms with E-state index >= 15 is 0 Å². The van der Waals surface area contributed by atoms with Gasteiger partial charge in [-0.15, -0.1) is 0 Å². The van der Waals surface area contributed by atoms with Gasteiger partial charge in [0.1, 0.15) is 11.8 Å². The van der Waals surface area contributed by atoms with E-state index in [0.717, 1.165) is 17.5 Å². The number of carbonyl (C=O) groups is 2. The van der Waals surface area contributed by atoms with Crippen molar-refractivity contribution in [2.75, 3.05) is 13.2 Å². The highest BCUT2D eigenvalue weighted by Crippen LogP contribution is 2.23. The Kier molecular flexibility index (Phi) is 8.33. The van der Waals surface area contributed by atoms with Gasteiger partial charge in [-0.3, -0.25) is 9.59 Å². The van der Waals surface area contributed by atoms with Crippen LogP contribution in [0.15, 0.2) is 48.5 Å². The highest BCUT2D eigenvalue weighted by molar-refractivity contribution is 6.32. The van der Waals surface area contributed by atoms with Crippen LogP contribution in [-0.4, -0.2) is 35.9 Å². The van der Waals surface area contributed by atoms with Gasteiger partial charge >= 0.3 is 0 Å². The highest BCUT2D eigenvalue weighted by Gasteiger charge is 2.26. The second kappa shape index (κ2) is 10.7. The summed E-state index contributed by atoms with van der Waals surface area (Å²) < 4.78 is 5.59. The number of benzene rings is 2. The lowest BCUT2D eigenvalue weighted by atomic mass is 10.1. The quantitative estimate of drug-likeness (QED) is 0.690. The molecule has 1 atom stereocenters. The van der Waals surface area contributed by atoms with E-state index in [-0.39, 0.29) is 18.4 Å². The maximum atomic E-state index is 12.9. The van der Waals surface area contributed by atoms with Gasteiger partial charge in [-0.1, -0.05) is 60.5 Å². The SMILES string of the molecule is CCCNC(=O)C(C)N(Cc1ccc(C)cc1)C(=O)COc1ccccc1Cl. The van der Waals surface area contributed by atoms with Crippen molar-refractivity contribution in [1.29, 1.82) is 0 Å². The van der Waals surface area contributed by atoms with Crippen molar-refractivity contribution in [3.05, 3.63) is 64.7 Å². The molecule has 1 N–H and O–H groups in total. The summed E-state index contributed by atoms with van der Waals surface area (Å²) in [4.78, 5) is 26.9. The third-order valence-corrected chi connectivity index (χ3v) is 4.69. The Morgan fingerprint density at radius 1 is 1.14 bits per heavy atom. The van der Waals surface area contributed by atoms with Crippen LogP contribution in [0.4, 0.5) is 0 Å². The van der Waals surface area contributed by atoms with E-state index in [2.05, 4.69) is 5.32 Å². The molecule has 6 heteroatoms. The lowest BCUT2D eigenvalue weighted by Crippen LogP contribution is -2.49. The standard InChI is InChI=1S/C22H27ClN2O3/c1-4-13-24-22(27)17(3)25(14-18-11-9-16(2)10-12-18)21(26)15-28-20-8-6-5-7-19(20)23/h5-12,17H,4,13-15H2,1-3H3,(H,24,27). The number of halogens is 1. The molecule has 0 heterocycles. The molecule has 2 amide bonds. The van der Waals surface area contributed by atoms with Gasteiger partial charge in [-0.05, 0) is 38.0 Å². The van der Waals surface area contributed by atoms with Crippen LogP contribution >= 0.6 is 11.6 Å². The van der Waals surface area contributed by atoms with E-state index in [4.69, 9.17) is 16.3 Å². The maximum absolute atomic E-state index is 12.9. The van der Waals surface area contributed by atoms with Gasteiger partial charge in [-0.2, -0.15) is 0 Å². The normalized spacial score (nSPS) is 11.6. The van der Waals surface area contributed by atoms with Crippen LogP contribution in [0.3, 0.4) is 0 Å². The van der Waals surface area contributed by atoms with Gasteiger partial charge in [0.15, 0.2) is 6.61 Å². The second-order valence-electron chi connectivity index (χ2n) is 6.69. The number of aryl methyl sites for hydroxylation is 1. The number of para-hydroxylation sites is 1. The van der Waals surface area contributed by atoms with Crippen molar-refractivity contribution >= 4 is 23.4 Å². The predicted octanol–water partition coefficient (Wildman–Crippen LogP) is 3.97. The molecule has 0 bridgehead atoms. The molecule has 0 spiro atoms. The second-order valence-corrected chi connectivity index (χ2v) is 7.10. The molecule has 0 aliphatic rings. The molecule has 0 aliphatic carbocycles. The van der Waals surface area contributed by atoms with E-state index in [9.17, 15) is 9.59 Å². The van der Waals surface area contributed by atoms with Crippen LogP contribution in [0.2, 0.25) is 5.02 Å². The van der Waals surface area contributed by atoms with E-state index in [1.54, 1.807) is 31.2 Å². The molecule has 5 nitrogen and oxygen atoms in total. The fourth-order valence-electron chi connectivity index (χ4n) is 2.65. The third kappa shape index (κ3) is 6.27. The predicted molar refractivity (Wildman–Crippen MR) is 111 cm³/mol. The van der Waals surface area contributed by atoms with Crippen molar-refractivity contribution in [3.8, 4) is 5.75 Å². The summed E-state index contributed by atoms with van der Waals surface area (Å²) in [6.45, 7) is 6.42. The molecule has 150 valence electrons. The number of nitrogens with one attached hydrogen (secondary N) is 1. The number of nitrogens with zero attached hydrogens (tertiary/aromatic N) is 1. The first-order valence-electron chi connectivity index (χ1n) is 9.42. The molecule has 2 rings (SSSR count). The van der Waals surface area contributed by atoms with Gasteiger partial charge in [0.2, 0.25) is 5.91 Å². The molecule has 0 aliphatic heterocycles. The van der Waals surface area contributed by atoms with Crippen molar-refractivity contribution in [3.63, 3.8) is 0 Å². The topological polar surface area (TPSA) is 58.6 Å². The van der Waals surface area contributed by atoms with Gasteiger partial charge < -0.3 is 15.0 Å². The largest absolute Gasteiger partial charge is 0.482 e. The average molecular weight is 403 g/mol. The zero-order chi connectivity index (χ0) is 20.5. The van der Waals surface area contributed by atoms with Crippen LogP contribution in [0.5, 0.6) is 5.75 Å². The minimum absolute atomic E-state index is 0.181. The van der Waals surface area contributed by atoms with Crippen LogP contribution in [0.25, 0.3) is 0 Å². The van der Waals surface area contributed by atoms with E-state index in [1.165, 1.54) is 4.90 Å². The summed E-state index contributed by atoms with van der Waals surface area (Å²) in [5.41, 5.74) is 2.09. The number of ether oxygens (including phenoxy) is 1. The van der Waals surface area contributed by atoms with Crippen molar-refractivity contribution < 1.29 is 14.3 Å². The average Bonchev–Trinajstić information content (AvgIpc) is 2.70. The molecule has 2 aromatic carbocycles. The zero-order valence-corrected chi connectivity index (χ0v) is 17.3. The summed E-state index contributed by atoms with van der Waals surface area (Å²) in [6.07, 6.45) is 0.833. The molecule has 1 unspecified atom stereocenters. The van der Waals surface area contributed by atoms with Gasteiger partial charge in [0.25, 0.3) is 5.91 Å². The van der Waals surface area contributed by atoms with Crippen molar-refractivity contribution in [2.45, 2.75) is 39.8 Å². The van der Waals surface area contributed by atoms with Crippen molar-refractivity contribution in [1.82, 2.24) is 10.2 Å². The number of rotatable bonds is 9. The van der Waals surface area contributed by atoms with E-state index in [0.29, 0.717) is 23.9 Å². The van der Waals surface area contributed by atoms with E-state index < -0.39 is 6.04 Å². The first-order valence-corrected chi connectivity index (χ1v) is 9.80. The van der Waals surface area contributed by atoms with Crippen LogP contribution < -0.4 is 10.1 Å². The number of hydrogen-bond acceptors (Lipinski definition) is 3. The molecular formula is C22H27ClN2O3. The Hall–Kier alpha value is -2.53. The summed E-state index contributed by atoms with van der Waals surface area (Å²) in [5, 5.41) is 3.29. The lowest BCUT2D eigenvalue weighted by molar-refractivity contribution is -0.142. The monoisotopic (exact) mass is 402 g/mol. The summed E-state index contributed by atoms with van der Waals surface area (Å²) in [6, 6.07) is 14.3. The minimum Gasteiger partial charge on any atom is -0.482 e. The Labute approximate surface area is 171 Å². The van der Waals surface area contributed by atoms with Gasteiger partial charge in [-0.25, -0.2) is 0 Å². The van der Waals surface area contributed by atoms with Gasteiger partial charge in [0.05, 0.1) is 5.02 Å². The molecule has 2 aromatic rings. The molecule has 0 aromatic heterocycles. The van der Waals surface area contributed by atoms with Crippen LogP contribution in [-0.2, 0) is 16.1 Å². The number of hydrogen-bond donors (Lipinski definition) is 1. The molecule has 0 saturated carbocycles. The van der Waals surface area contributed by atoms with Crippen LogP contribution in [0.1, 0.15) is 31.4 Å². The Bertz CT molecular complexity index is 793. The Morgan fingerprint density at radius 2 is 1.82 bits per heavy atom. The van der Waals surface area contributed by atoms with E-state index in [1.807, 2.05) is 38.1 Å². The Balaban J connectivity index is 2.13. The molecule has 0 fully saturated rings. The first-order chi connectivity index (χ1) is 13.4. The number of amides is 2. The summed E-state index contributed by atoms with van der Waals surface area (Å²) in [7, 11) is 0. The molecular weight excluding hydrogens is 376 g/mol. The number of carbonyl (C=O) groups excluding carboxylic acids is 2. The molecule has 0 radical (unpaired) electrons. The maximum Gasteiger partial charge on any atom is 0.261 e. The summed E-state index contributed by atoms with van der Waals surface area (Å²) in [5.74, 6) is -0.0180. The highest BCUT2D eigenvalue weighted by atomic mass is 35.5. The molecule has 28 heavy (non-hydrogen) atoms. The van der Waals surface area contributed by atoms with Crippen molar-refractivity contribution in [2.24, 2.45) is 0 Å². The third-order valence-electron chi connectivity index (χ3n) is 4.38. The first kappa shape index (κ1) is 21.8. The van der Waals surface area contributed by atoms with Gasteiger partial charge in [0, 0.05) is 13.1 Å². The fraction of sp³-hybridized carbons (Fsp3) is 0.364. The fourth-order valence-corrected chi connectivity index (χ4v) is 2.84. The zero-order valence-electron chi connectivity index (χ0n) is 16.6. The molecule has 0 saturated heterocycles. The Morgan fingerprint density at radius 3 is 2.46 bits per heavy atom. The minimum atomic E-state index is -0.616. The lowest BCUT2D eigenvalue weighted by Gasteiger charge is -2.28. The van der Waals surface area contributed by atoms with Crippen LogP contribution in [0, 0.1) is 6.92 Å².